The number of halogens is 1. The summed E-state index contributed by atoms with van der Waals surface area (Å²) >= 11 is 3.35. The van der Waals surface area contributed by atoms with Gasteiger partial charge in [0, 0.05) is 0 Å². The van der Waals surface area contributed by atoms with E-state index in [9.17, 15) is 0 Å². The normalized spacial score (nSPS) is 7.33. The summed E-state index contributed by atoms with van der Waals surface area (Å²) in [6, 6.07) is 0. The number of hydrogen-bond donors (Lipinski definition) is 0. The van der Waals surface area contributed by atoms with Gasteiger partial charge in [0.2, 0.25) is 0 Å². The third-order valence-corrected chi connectivity index (χ3v) is 0.236. The first-order valence-electron chi connectivity index (χ1n) is 1.44. The molecule has 0 saturated carbocycles. The van der Waals surface area contributed by atoms with Gasteiger partial charge in [0.05, 0.1) is 0 Å². The summed E-state index contributed by atoms with van der Waals surface area (Å²) in [5.74, 6) is 0. The Bertz CT molecular complexity index is 22.7. The molecule has 0 rings (SSSR count). The van der Waals surface area contributed by atoms with Crippen LogP contribution in [-0.4, -0.2) is 0 Å². The molecule has 0 N–H and O–H groups in total. The Morgan fingerprint density at radius 3 is 1.83 bits per heavy atom. The van der Waals surface area contributed by atoms with E-state index < -0.39 is 0 Å². The van der Waals surface area contributed by atoms with Crippen molar-refractivity contribution in [3.63, 3.8) is 0 Å². The third kappa shape index (κ3) is 26.1. The summed E-state index contributed by atoms with van der Waals surface area (Å²) in [7, 11) is 4.26. The van der Waals surface area contributed by atoms with Gasteiger partial charge < -0.3 is 0 Å². The van der Waals surface area contributed by atoms with Crippen molar-refractivity contribution in [2.45, 2.75) is 6.92 Å². The van der Waals surface area contributed by atoms with Crippen molar-refractivity contribution >= 4 is 10.2 Å². The molecule has 0 aliphatic heterocycles. The molecule has 0 spiro atoms. The van der Waals surface area contributed by atoms with Crippen LogP contribution >= 0.6 is 10.2 Å². The summed E-state index contributed by atoms with van der Waals surface area (Å²) in [5, 5.41) is 0. The zero-order valence-electron chi connectivity index (χ0n) is 3.56. The van der Waals surface area contributed by atoms with Crippen molar-refractivity contribution in [2.75, 3.05) is 0 Å². The van der Waals surface area contributed by atoms with Gasteiger partial charge >= 0.3 is 24.8 Å². The van der Waals surface area contributed by atoms with Crippen LogP contribution in [0.2, 0.25) is 0 Å². The molecule has 0 bridgehead atoms. The van der Waals surface area contributed by atoms with Gasteiger partial charge in [-0.1, -0.05) is 0 Å². The first kappa shape index (κ1) is 9.64. The van der Waals surface area contributed by atoms with E-state index in [1.807, 2.05) is 13.0 Å². The van der Waals surface area contributed by atoms with Crippen molar-refractivity contribution in [2.24, 2.45) is 0 Å². The van der Waals surface area contributed by atoms with Crippen molar-refractivity contribution in [1.82, 2.24) is 0 Å². The Kier molecular flexibility index (Phi) is 29.2. The average molecular weight is 149 g/mol. The molecule has 0 aromatic heterocycles. The van der Waals surface area contributed by atoms with Gasteiger partial charge in [-0.25, -0.2) is 19.1 Å². The van der Waals surface area contributed by atoms with Crippen molar-refractivity contribution in [1.29, 1.82) is 0 Å². The van der Waals surface area contributed by atoms with Crippen LogP contribution in [0.4, 0.5) is 0 Å². The first-order valence-corrected chi connectivity index (χ1v) is 2.80. The van der Waals surface area contributed by atoms with E-state index in [2.05, 4.69) is 31.7 Å². The van der Waals surface area contributed by atoms with E-state index in [1.165, 1.54) is 0 Å². The average Bonchev–Trinajstić information content (AvgIpc) is 1.72. The van der Waals surface area contributed by atoms with E-state index >= 15 is 0 Å². The minimum atomic E-state index is 1.75. The molecule has 2 heteroatoms. The zero-order valence-corrected chi connectivity index (χ0v) is 5.30. The Hall–Kier alpha value is 0.394. The fourth-order valence-corrected chi connectivity index (χ4v) is 0. The minimum absolute atomic E-state index is 1.75. The molecule has 0 nitrogen and oxygen atoms in total. The monoisotopic (exact) mass is 148 g/mol. The van der Waals surface area contributed by atoms with Crippen LogP contribution in [0.3, 0.4) is 0 Å². The van der Waals surface area contributed by atoms with Crippen LogP contribution < -0.4 is 0 Å². The molecule has 6 heavy (non-hydrogen) atoms. The predicted octanol–water partition coefficient (Wildman–Crippen LogP) is 2.08. The summed E-state index contributed by atoms with van der Waals surface area (Å²) in [5.41, 5.74) is 0. The molecule has 0 unspecified atom stereocenters. The van der Waals surface area contributed by atoms with Gasteiger partial charge in [0.15, 0.2) is 0 Å². The summed E-state index contributed by atoms with van der Waals surface area (Å²) in [6.07, 6.45) is 3.64. The van der Waals surface area contributed by atoms with E-state index in [-0.39, 0.29) is 0 Å². The SMILES string of the molecule is [CH2-]C=CC.[Cl][Ni]. The standard InChI is InChI=1S/C4H7.ClH.Ni/c1-3-4-2;;/h3-4H,1H2,2H3;1H;/q-1;;+1/p-1. The molecule has 0 aliphatic rings. The van der Waals surface area contributed by atoms with Gasteiger partial charge in [-0.05, 0) is 0 Å². The Morgan fingerprint density at radius 2 is 1.83 bits per heavy atom. The Balaban J connectivity index is 0. The molecule has 0 atom stereocenters. The summed E-state index contributed by atoms with van der Waals surface area (Å²) < 4.78 is 0. The van der Waals surface area contributed by atoms with Gasteiger partial charge in [-0.3, -0.25) is 0 Å². The second kappa shape index (κ2) is 18.2. The number of allylic oxidation sites excluding steroid dienone is 2. The molecular formula is C4H7ClNi-. The van der Waals surface area contributed by atoms with Crippen LogP contribution in [0, 0.1) is 6.92 Å². The molecule has 0 aromatic carbocycles. The zero-order chi connectivity index (χ0) is 5.41. The number of hydrogen-bond acceptors (Lipinski definition) is 0. The van der Waals surface area contributed by atoms with E-state index in [0.29, 0.717) is 0 Å². The molecule has 0 radical (unpaired) electrons. The van der Waals surface area contributed by atoms with Gasteiger partial charge in [0.25, 0.3) is 0 Å². The third-order valence-electron chi connectivity index (χ3n) is 0.236. The molecule has 41 valence electrons. The van der Waals surface area contributed by atoms with E-state index in [0.717, 1.165) is 0 Å². The molecule has 0 heterocycles. The Morgan fingerprint density at radius 1 is 1.67 bits per heavy atom. The van der Waals surface area contributed by atoms with Crippen LogP contribution in [0.15, 0.2) is 12.2 Å². The first-order chi connectivity index (χ1) is 2.91. The van der Waals surface area contributed by atoms with Gasteiger partial charge in [0.1, 0.15) is 0 Å². The topological polar surface area (TPSA) is 0 Å². The van der Waals surface area contributed by atoms with Gasteiger partial charge in [-0.2, -0.15) is 0 Å². The Labute approximate surface area is 51.2 Å². The second-order valence-corrected chi connectivity index (χ2v) is 0.569. The summed E-state index contributed by atoms with van der Waals surface area (Å²) in [6.45, 7) is 5.36. The fraction of sp³-hybridized carbons (Fsp3) is 0.250. The molecule has 0 saturated heterocycles. The second-order valence-electron chi connectivity index (χ2n) is 0.569. The summed E-state index contributed by atoms with van der Waals surface area (Å²) in [4.78, 5) is 0. The van der Waals surface area contributed by atoms with E-state index in [1.54, 1.807) is 6.08 Å². The maximum atomic E-state index is 4.26. The van der Waals surface area contributed by atoms with Crippen LogP contribution in [0.1, 0.15) is 6.92 Å². The van der Waals surface area contributed by atoms with Crippen molar-refractivity contribution in [3.05, 3.63) is 19.1 Å². The molecule has 0 amide bonds. The van der Waals surface area contributed by atoms with Crippen molar-refractivity contribution < 1.29 is 14.6 Å². The molecule has 0 aliphatic carbocycles. The van der Waals surface area contributed by atoms with Crippen molar-refractivity contribution in [3.8, 4) is 0 Å². The quantitative estimate of drug-likeness (QED) is 0.365. The van der Waals surface area contributed by atoms with Crippen LogP contribution in [-0.2, 0) is 14.6 Å². The maximum absolute atomic E-state index is 4.26. The van der Waals surface area contributed by atoms with E-state index in [4.69, 9.17) is 0 Å². The predicted molar refractivity (Wildman–Crippen MR) is 26.0 cm³/mol. The van der Waals surface area contributed by atoms with Crippen LogP contribution in [0.25, 0.3) is 0 Å². The fourth-order valence-electron chi connectivity index (χ4n) is 0. The van der Waals surface area contributed by atoms with Crippen LogP contribution in [0.5, 0.6) is 0 Å². The molecular weight excluding hydrogens is 142 g/mol. The van der Waals surface area contributed by atoms with Gasteiger partial charge in [-0.15, -0.1) is 6.92 Å². The number of rotatable bonds is 0. The molecule has 0 aromatic rings. The molecule has 0 fully saturated rings.